The van der Waals surface area contributed by atoms with Crippen LogP contribution in [0, 0.1) is 0 Å². The number of aromatic nitrogens is 2. The Hall–Kier alpha value is -3.55. The zero-order chi connectivity index (χ0) is 25.8. The van der Waals surface area contributed by atoms with E-state index < -0.39 is 17.2 Å². The van der Waals surface area contributed by atoms with E-state index in [1.807, 2.05) is 42.6 Å². The van der Waals surface area contributed by atoms with Gasteiger partial charge in [-0.2, -0.15) is 0 Å². The maximum absolute atomic E-state index is 13.4. The Kier molecular flexibility index (Phi) is 7.52. The summed E-state index contributed by atoms with van der Waals surface area (Å²) in [6.45, 7) is 7.15. The Morgan fingerprint density at radius 2 is 1.75 bits per heavy atom. The molecule has 0 saturated heterocycles. The molecule has 2 amide bonds. The molecule has 1 fully saturated rings. The minimum Gasteiger partial charge on any atom is -0.457 e. The smallest absolute Gasteiger partial charge is 0.408 e. The second kappa shape index (κ2) is 10.6. The lowest BCUT2D eigenvalue weighted by atomic mass is 9.89. The first kappa shape index (κ1) is 25.5. The summed E-state index contributed by atoms with van der Waals surface area (Å²) in [5, 5.41) is 6.91. The average Bonchev–Trinajstić information content (AvgIpc) is 3.30. The molecule has 1 unspecified atom stereocenters. The number of ether oxygens (including phenoxy) is 2. The molecule has 4 rings (SSSR count). The summed E-state index contributed by atoms with van der Waals surface area (Å²) < 4.78 is 11.5. The predicted octanol–water partition coefficient (Wildman–Crippen LogP) is 5.63. The lowest BCUT2D eigenvalue weighted by Gasteiger charge is -2.33. The van der Waals surface area contributed by atoms with Crippen LogP contribution in [-0.2, 0) is 16.0 Å². The van der Waals surface area contributed by atoms with E-state index in [9.17, 15) is 9.59 Å². The number of hydrogen-bond donors (Lipinski definition) is 3. The first-order valence-corrected chi connectivity index (χ1v) is 12.6. The average molecular weight is 493 g/mol. The van der Waals surface area contributed by atoms with Crippen molar-refractivity contribution < 1.29 is 19.1 Å². The number of nitrogens with one attached hydrogen (secondary N) is 3. The zero-order valence-corrected chi connectivity index (χ0v) is 21.5. The second-order valence-electron chi connectivity index (χ2n) is 10.7. The Morgan fingerprint density at radius 3 is 2.44 bits per heavy atom. The molecular formula is C28H36N4O4. The highest BCUT2D eigenvalue weighted by molar-refractivity contribution is 5.90. The van der Waals surface area contributed by atoms with Crippen LogP contribution < -0.4 is 15.4 Å². The minimum atomic E-state index is -1.18. The summed E-state index contributed by atoms with van der Waals surface area (Å²) >= 11 is 0. The fraction of sp³-hybridized carbons (Fsp3) is 0.464. The van der Waals surface area contributed by atoms with Crippen molar-refractivity contribution in [2.45, 2.75) is 83.4 Å². The maximum Gasteiger partial charge on any atom is 0.408 e. The van der Waals surface area contributed by atoms with Crippen LogP contribution in [0.2, 0.25) is 0 Å². The Bertz CT molecular complexity index is 1190. The Balaban J connectivity index is 1.49. The largest absolute Gasteiger partial charge is 0.457 e. The highest BCUT2D eigenvalue weighted by Crippen LogP contribution is 2.29. The van der Waals surface area contributed by atoms with Gasteiger partial charge in [0.1, 0.15) is 28.3 Å². The molecule has 2 aromatic heterocycles. The number of nitrogens with zero attached hydrogens (tertiary/aromatic N) is 1. The third-order valence-electron chi connectivity index (χ3n) is 6.35. The van der Waals surface area contributed by atoms with Gasteiger partial charge < -0.3 is 25.1 Å². The number of carbonyl (C=O) groups is 2. The topological polar surface area (TPSA) is 105 Å². The fourth-order valence-corrected chi connectivity index (χ4v) is 4.54. The van der Waals surface area contributed by atoms with E-state index >= 15 is 0 Å². The molecule has 8 heteroatoms. The summed E-state index contributed by atoms with van der Waals surface area (Å²) in [5.41, 5.74) is -0.190. The van der Waals surface area contributed by atoms with Crippen LogP contribution in [0.1, 0.15) is 65.4 Å². The predicted molar refractivity (Wildman–Crippen MR) is 139 cm³/mol. The zero-order valence-electron chi connectivity index (χ0n) is 21.5. The van der Waals surface area contributed by atoms with Gasteiger partial charge in [0, 0.05) is 24.9 Å². The van der Waals surface area contributed by atoms with Crippen molar-refractivity contribution in [3.63, 3.8) is 0 Å². The third-order valence-corrected chi connectivity index (χ3v) is 6.35. The molecule has 1 atom stereocenters. The van der Waals surface area contributed by atoms with Gasteiger partial charge >= 0.3 is 6.09 Å². The molecule has 2 heterocycles. The second-order valence-corrected chi connectivity index (χ2v) is 10.7. The van der Waals surface area contributed by atoms with E-state index in [2.05, 4.69) is 20.6 Å². The van der Waals surface area contributed by atoms with E-state index in [1.54, 1.807) is 33.9 Å². The number of amides is 2. The number of rotatable bonds is 7. The molecule has 1 aliphatic carbocycles. The first-order chi connectivity index (χ1) is 17.1. The van der Waals surface area contributed by atoms with Gasteiger partial charge in [-0.15, -0.1) is 0 Å². The van der Waals surface area contributed by atoms with Crippen LogP contribution in [-0.4, -0.2) is 39.2 Å². The number of alkyl carbamates (subject to hydrolysis) is 1. The quantitative estimate of drug-likeness (QED) is 0.396. The van der Waals surface area contributed by atoms with Gasteiger partial charge in [-0.05, 0) is 70.4 Å². The third kappa shape index (κ3) is 6.56. The molecule has 0 spiro atoms. The molecule has 1 aromatic carbocycles. The number of benzene rings is 1. The molecule has 1 aliphatic rings. The van der Waals surface area contributed by atoms with Crippen LogP contribution >= 0.6 is 0 Å². The standard InChI is InChI=1S/C28H36N4O4/c1-27(2,3)36-26(34)32-28(4,25(33)31-20-8-6-5-7-9-20)18-19-10-12-21(13-11-19)35-23-15-17-30-24-22(23)14-16-29-24/h10-17,20H,5-9,18H2,1-4H3,(H,29,30)(H,31,33)(H,32,34). The van der Waals surface area contributed by atoms with Crippen molar-refractivity contribution >= 4 is 23.0 Å². The van der Waals surface area contributed by atoms with Crippen molar-refractivity contribution in [2.24, 2.45) is 0 Å². The normalized spacial score (nSPS) is 16.2. The lowest BCUT2D eigenvalue weighted by molar-refractivity contribution is -0.128. The van der Waals surface area contributed by atoms with Crippen molar-refractivity contribution in [3.8, 4) is 11.5 Å². The van der Waals surface area contributed by atoms with Gasteiger partial charge in [-0.3, -0.25) is 4.79 Å². The number of aromatic amines is 1. The maximum atomic E-state index is 13.4. The van der Waals surface area contributed by atoms with Gasteiger partial charge in [0.15, 0.2) is 0 Å². The number of H-pyrrole nitrogens is 1. The molecule has 1 saturated carbocycles. The SMILES string of the molecule is CC(C)(C)OC(=O)NC(C)(Cc1ccc(Oc2ccnc3[nH]ccc23)cc1)C(=O)NC1CCCCC1. The van der Waals surface area contributed by atoms with E-state index in [0.717, 1.165) is 42.3 Å². The van der Waals surface area contributed by atoms with E-state index in [0.29, 0.717) is 17.9 Å². The molecule has 36 heavy (non-hydrogen) atoms. The molecular weight excluding hydrogens is 456 g/mol. The summed E-state index contributed by atoms with van der Waals surface area (Å²) in [4.78, 5) is 33.5. The number of pyridine rings is 1. The summed E-state index contributed by atoms with van der Waals surface area (Å²) in [6.07, 6.45) is 8.55. The van der Waals surface area contributed by atoms with Crippen molar-refractivity contribution in [1.82, 2.24) is 20.6 Å². The van der Waals surface area contributed by atoms with Crippen LogP contribution in [0.5, 0.6) is 11.5 Å². The Labute approximate surface area is 212 Å². The van der Waals surface area contributed by atoms with Gasteiger partial charge in [-0.1, -0.05) is 31.4 Å². The van der Waals surface area contributed by atoms with Crippen LogP contribution in [0.3, 0.4) is 0 Å². The number of fused-ring (bicyclic) bond motifs is 1. The van der Waals surface area contributed by atoms with Gasteiger partial charge in [0.05, 0.1) is 5.39 Å². The van der Waals surface area contributed by atoms with Gasteiger partial charge in [0.25, 0.3) is 0 Å². The summed E-state index contributed by atoms with van der Waals surface area (Å²) in [6, 6.07) is 11.4. The van der Waals surface area contributed by atoms with E-state index in [4.69, 9.17) is 9.47 Å². The molecule has 0 bridgehead atoms. The van der Waals surface area contributed by atoms with Crippen molar-refractivity contribution in [3.05, 3.63) is 54.4 Å². The first-order valence-electron chi connectivity index (χ1n) is 12.6. The molecule has 3 aromatic rings. The lowest BCUT2D eigenvalue weighted by Crippen LogP contribution is -2.60. The van der Waals surface area contributed by atoms with Crippen molar-refractivity contribution in [2.75, 3.05) is 0 Å². The van der Waals surface area contributed by atoms with E-state index in [-0.39, 0.29) is 11.9 Å². The fourth-order valence-electron chi connectivity index (χ4n) is 4.54. The molecule has 0 radical (unpaired) electrons. The van der Waals surface area contributed by atoms with Crippen LogP contribution in [0.4, 0.5) is 4.79 Å². The minimum absolute atomic E-state index is 0.132. The summed E-state index contributed by atoms with van der Waals surface area (Å²) in [7, 11) is 0. The van der Waals surface area contributed by atoms with Gasteiger partial charge in [0.2, 0.25) is 5.91 Å². The molecule has 192 valence electrons. The Morgan fingerprint density at radius 1 is 1.03 bits per heavy atom. The number of hydrogen-bond acceptors (Lipinski definition) is 5. The highest BCUT2D eigenvalue weighted by atomic mass is 16.6. The molecule has 3 N–H and O–H groups in total. The number of carbonyl (C=O) groups excluding carboxylic acids is 2. The molecule has 8 nitrogen and oxygen atoms in total. The van der Waals surface area contributed by atoms with Crippen molar-refractivity contribution in [1.29, 1.82) is 0 Å². The van der Waals surface area contributed by atoms with Gasteiger partial charge in [-0.25, -0.2) is 9.78 Å². The molecule has 0 aliphatic heterocycles. The van der Waals surface area contributed by atoms with Crippen LogP contribution in [0.25, 0.3) is 11.0 Å². The monoisotopic (exact) mass is 492 g/mol. The summed E-state index contributed by atoms with van der Waals surface area (Å²) in [5.74, 6) is 1.17. The highest BCUT2D eigenvalue weighted by Gasteiger charge is 2.37. The van der Waals surface area contributed by atoms with Crippen LogP contribution in [0.15, 0.2) is 48.8 Å². The van der Waals surface area contributed by atoms with E-state index in [1.165, 1.54) is 6.42 Å².